The molecule has 0 aliphatic heterocycles. The molecule has 0 atom stereocenters. The minimum atomic E-state index is -0.594. The van der Waals surface area contributed by atoms with E-state index < -0.39 is 5.97 Å². The van der Waals surface area contributed by atoms with Gasteiger partial charge in [-0.05, 0) is 31.0 Å². The second-order valence-electron chi connectivity index (χ2n) is 5.91. The third-order valence-corrected chi connectivity index (χ3v) is 5.26. The summed E-state index contributed by atoms with van der Waals surface area (Å²) in [7, 11) is 1.47. The first kappa shape index (κ1) is 18.8. The van der Waals surface area contributed by atoms with Crippen LogP contribution in [-0.2, 0) is 16.0 Å². The van der Waals surface area contributed by atoms with E-state index in [0.29, 0.717) is 27.2 Å². The van der Waals surface area contributed by atoms with Crippen LogP contribution in [0.1, 0.15) is 27.7 Å². The first-order chi connectivity index (χ1) is 12.9. The van der Waals surface area contributed by atoms with Crippen LogP contribution < -0.4 is 10.9 Å². The summed E-state index contributed by atoms with van der Waals surface area (Å²) in [5, 5.41) is 3.03. The van der Waals surface area contributed by atoms with Gasteiger partial charge in [0.1, 0.15) is 10.7 Å². The molecule has 2 N–H and O–H groups in total. The quantitative estimate of drug-likeness (QED) is 0.657. The number of aromatic nitrogens is 2. The van der Waals surface area contributed by atoms with Crippen LogP contribution >= 0.6 is 11.3 Å². The van der Waals surface area contributed by atoms with Crippen molar-refractivity contribution in [3.05, 3.63) is 50.6 Å². The molecule has 8 heteroatoms. The molecule has 0 saturated carbocycles. The maximum atomic E-state index is 12.5. The Labute approximate surface area is 159 Å². The smallest absolute Gasteiger partial charge is 0.338 e. The average Bonchev–Trinajstić information content (AvgIpc) is 3.01. The highest BCUT2D eigenvalue weighted by molar-refractivity contribution is 7.18. The van der Waals surface area contributed by atoms with E-state index in [4.69, 9.17) is 4.74 Å². The molecule has 27 heavy (non-hydrogen) atoms. The van der Waals surface area contributed by atoms with Crippen LogP contribution in [0, 0.1) is 6.92 Å². The average molecular weight is 385 g/mol. The summed E-state index contributed by atoms with van der Waals surface area (Å²) < 4.78 is 4.91. The first-order valence-electron chi connectivity index (χ1n) is 8.45. The summed E-state index contributed by atoms with van der Waals surface area (Å²) in [6.07, 6.45) is 0.781. The van der Waals surface area contributed by atoms with E-state index in [0.717, 1.165) is 16.9 Å². The van der Waals surface area contributed by atoms with Gasteiger partial charge < -0.3 is 15.0 Å². The molecule has 0 aliphatic carbocycles. The number of amides is 1. The maximum absolute atomic E-state index is 12.5. The van der Waals surface area contributed by atoms with Crippen molar-refractivity contribution in [1.29, 1.82) is 0 Å². The van der Waals surface area contributed by atoms with Gasteiger partial charge in [0, 0.05) is 17.5 Å². The number of nitrogens with one attached hydrogen (secondary N) is 2. The normalized spacial score (nSPS) is 10.8. The summed E-state index contributed by atoms with van der Waals surface area (Å²) >= 11 is 1.50. The number of ether oxygens (including phenoxy) is 1. The van der Waals surface area contributed by atoms with Crippen LogP contribution in [0.2, 0.25) is 0 Å². The summed E-state index contributed by atoms with van der Waals surface area (Å²) in [6, 6.07) is 6.51. The van der Waals surface area contributed by atoms with E-state index in [-0.39, 0.29) is 18.1 Å². The van der Waals surface area contributed by atoms with Crippen LogP contribution in [0.5, 0.6) is 0 Å². The molecule has 7 nitrogen and oxygen atoms in total. The molecule has 0 unspecified atom stereocenters. The van der Waals surface area contributed by atoms with Crippen LogP contribution in [0.25, 0.3) is 21.6 Å². The highest BCUT2D eigenvalue weighted by atomic mass is 32.1. The van der Waals surface area contributed by atoms with Crippen molar-refractivity contribution in [2.24, 2.45) is 0 Å². The maximum Gasteiger partial charge on any atom is 0.338 e. The van der Waals surface area contributed by atoms with Crippen LogP contribution in [0.15, 0.2) is 29.1 Å². The highest BCUT2D eigenvalue weighted by Gasteiger charge is 2.15. The van der Waals surface area contributed by atoms with Gasteiger partial charge in [0.05, 0.1) is 10.9 Å². The number of benzene rings is 1. The lowest BCUT2D eigenvalue weighted by atomic mass is 10.1. The molecule has 1 aromatic carbocycles. The van der Waals surface area contributed by atoms with Gasteiger partial charge in [-0.2, -0.15) is 0 Å². The number of thiophene rings is 1. The molecule has 2 aromatic heterocycles. The van der Waals surface area contributed by atoms with E-state index >= 15 is 0 Å². The van der Waals surface area contributed by atoms with Gasteiger partial charge in [-0.1, -0.05) is 19.1 Å². The van der Waals surface area contributed by atoms with Gasteiger partial charge in [-0.15, -0.1) is 11.3 Å². The zero-order valence-corrected chi connectivity index (χ0v) is 16.0. The lowest BCUT2D eigenvalue weighted by molar-refractivity contribution is -0.123. The first-order valence-corrected chi connectivity index (χ1v) is 9.26. The SMILES string of the molecule is CCc1c(C)sc2nc(-c3ccc(C(=O)OCC(=O)NC)cc3)[nH]c(=O)c12. The highest BCUT2D eigenvalue weighted by Crippen LogP contribution is 2.28. The van der Waals surface area contributed by atoms with Gasteiger partial charge in [-0.25, -0.2) is 9.78 Å². The molecular weight excluding hydrogens is 366 g/mol. The molecule has 3 aromatic rings. The lowest BCUT2D eigenvalue weighted by Gasteiger charge is -2.05. The third kappa shape index (κ3) is 3.75. The molecule has 0 radical (unpaired) electrons. The Morgan fingerprint density at radius 1 is 1.26 bits per heavy atom. The molecule has 2 heterocycles. The number of esters is 1. The number of aryl methyl sites for hydroxylation is 2. The standard InChI is InChI=1S/C19H19N3O4S/c1-4-13-10(2)27-18-15(13)17(24)21-16(22-18)11-5-7-12(8-6-11)19(25)26-9-14(23)20-3/h5-8H,4,9H2,1-3H3,(H,20,23)(H,21,22,24). The van der Waals surface area contributed by atoms with Gasteiger partial charge >= 0.3 is 5.97 Å². The Morgan fingerprint density at radius 2 is 1.96 bits per heavy atom. The fraction of sp³-hybridized carbons (Fsp3) is 0.263. The Balaban J connectivity index is 1.88. The van der Waals surface area contributed by atoms with E-state index in [1.54, 1.807) is 24.3 Å². The minimum absolute atomic E-state index is 0.162. The van der Waals surface area contributed by atoms with E-state index in [1.165, 1.54) is 18.4 Å². The molecular formula is C19H19N3O4S. The number of hydrogen-bond acceptors (Lipinski definition) is 6. The molecule has 0 spiro atoms. The van der Waals surface area contributed by atoms with Crippen molar-refractivity contribution < 1.29 is 14.3 Å². The predicted octanol–water partition coefficient (Wildman–Crippen LogP) is 2.43. The number of aromatic amines is 1. The molecule has 3 rings (SSSR count). The largest absolute Gasteiger partial charge is 0.452 e. The van der Waals surface area contributed by atoms with Crippen molar-refractivity contribution >= 4 is 33.4 Å². The van der Waals surface area contributed by atoms with E-state index in [2.05, 4.69) is 15.3 Å². The van der Waals surface area contributed by atoms with Crippen LogP contribution in [-0.4, -0.2) is 35.5 Å². The molecule has 1 amide bonds. The van der Waals surface area contributed by atoms with Crippen LogP contribution in [0.4, 0.5) is 0 Å². The van der Waals surface area contributed by atoms with E-state index in [1.807, 2.05) is 13.8 Å². The number of fused-ring (bicyclic) bond motifs is 1. The van der Waals surface area contributed by atoms with Gasteiger partial charge in [0.25, 0.3) is 11.5 Å². The third-order valence-electron chi connectivity index (χ3n) is 4.22. The summed E-state index contributed by atoms with van der Waals surface area (Å²) in [5.41, 5.74) is 1.86. The summed E-state index contributed by atoms with van der Waals surface area (Å²) in [4.78, 5) is 44.8. The van der Waals surface area contributed by atoms with Crippen LogP contribution in [0.3, 0.4) is 0 Å². The number of carbonyl (C=O) groups excluding carboxylic acids is 2. The minimum Gasteiger partial charge on any atom is -0.452 e. The number of H-pyrrole nitrogens is 1. The van der Waals surface area contributed by atoms with E-state index in [9.17, 15) is 14.4 Å². The molecule has 0 saturated heterocycles. The number of nitrogens with zero attached hydrogens (tertiary/aromatic N) is 1. The fourth-order valence-corrected chi connectivity index (χ4v) is 3.90. The van der Waals surface area contributed by atoms with Crippen molar-refractivity contribution in [2.75, 3.05) is 13.7 Å². The van der Waals surface area contributed by atoms with Crippen molar-refractivity contribution in [3.63, 3.8) is 0 Å². The molecule has 0 fully saturated rings. The molecule has 0 bridgehead atoms. The van der Waals surface area contributed by atoms with Crippen molar-refractivity contribution in [3.8, 4) is 11.4 Å². The van der Waals surface area contributed by atoms with Gasteiger partial charge in [-0.3, -0.25) is 9.59 Å². The number of hydrogen-bond donors (Lipinski definition) is 2. The Hall–Kier alpha value is -3.00. The fourth-order valence-electron chi connectivity index (χ4n) is 2.79. The summed E-state index contributed by atoms with van der Waals surface area (Å²) in [6.45, 7) is 3.67. The monoisotopic (exact) mass is 385 g/mol. The second kappa shape index (κ2) is 7.71. The number of rotatable bonds is 5. The second-order valence-corrected chi connectivity index (χ2v) is 7.11. The summed E-state index contributed by atoms with van der Waals surface area (Å²) in [5.74, 6) is -0.530. The zero-order valence-electron chi connectivity index (χ0n) is 15.2. The Bertz CT molecular complexity index is 1070. The predicted molar refractivity (Wildman–Crippen MR) is 104 cm³/mol. The number of carbonyl (C=O) groups is 2. The van der Waals surface area contributed by atoms with Gasteiger partial charge in [0.2, 0.25) is 0 Å². The van der Waals surface area contributed by atoms with Gasteiger partial charge in [0.15, 0.2) is 6.61 Å². The zero-order chi connectivity index (χ0) is 19.6. The molecule has 140 valence electrons. The Kier molecular flexibility index (Phi) is 5.36. The van der Waals surface area contributed by atoms with Crippen molar-refractivity contribution in [1.82, 2.24) is 15.3 Å². The van der Waals surface area contributed by atoms with Crippen molar-refractivity contribution in [2.45, 2.75) is 20.3 Å². The number of likely N-dealkylation sites (N-methyl/N-ethyl adjacent to an activating group) is 1. The topological polar surface area (TPSA) is 101 Å². The molecule has 0 aliphatic rings. The Morgan fingerprint density at radius 3 is 2.59 bits per heavy atom. The lowest BCUT2D eigenvalue weighted by Crippen LogP contribution is -2.25.